The van der Waals surface area contributed by atoms with Crippen molar-refractivity contribution in [3.05, 3.63) is 64.8 Å². The molecule has 4 rings (SSSR count). The van der Waals surface area contributed by atoms with Crippen LogP contribution in [0.4, 0.5) is 5.69 Å². The van der Waals surface area contributed by atoms with Gasteiger partial charge >= 0.3 is 0 Å². The molecule has 0 unspecified atom stereocenters. The molecule has 1 heterocycles. The molecule has 1 N–H and O–H groups in total. The highest BCUT2D eigenvalue weighted by atomic mass is 35.5. The Labute approximate surface area is 196 Å². The first-order chi connectivity index (χ1) is 15.1. The van der Waals surface area contributed by atoms with Crippen molar-refractivity contribution in [3.63, 3.8) is 0 Å². The summed E-state index contributed by atoms with van der Waals surface area (Å²) in [6, 6.07) is 15.2. The van der Waals surface area contributed by atoms with E-state index >= 15 is 0 Å². The quantitative estimate of drug-likeness (QED) is 0.318. The van der Waals surface area contributed by atoms with Gasteiger partial charge in [0.2, 0.25) is 0 Å². The predicted octanol–water partition coefficient (Wildman–Crippen LogP) is 7.54. The third kappa shape index (κ3) is 5.07. The number of para-hydroxylation sites is 1. The molecule has 1 saturated carbocycles. The van der Waals surface area contributed by atoms with Crippen LogP contribution in [0.25, 0.3) is 10.9 Å². The maximum absolute atomic E-state index is 6.51. The number of thiocarbonyl (C=S) groups is 1. The Balaban J connectivity index is 1.65. The summed E-state index contributed by atoms with van der Waals surface area (Å²) in [4.78, 5) is 2.42. The zero-order valence-electron chi connectivity index (χ0n) is 18.5. The van der Waals surface area contributed by atoms with E-state index in [1.165, 1.54) is 55.0 Å². The topological polar surface area (TPSA) is 20.2 Å². The van der Waals surface area contributed by atoms with Crippen LogP contribution in [0, 0.1) is 6.92 Å². The van der Waals surface area contributed by atoms with Crippen LogP contribution in [0.1, 0.15) is 56.6 Å². The molecule has 0 amide bonds. The summed E-state index contributed by atoms with van der Waals surface area (Å²) in [7, 11) is 0. The SMILES string of the molecule is CCn1cc(CN(C(=S)Nc2ccc(C)cc2Cl)C2CCCCCC2)c2ccccc21. The van der Waals surface area contributed by atoms with E-state index in [1.54, 1.807) is 0 Å². The molecular formula is C26H32ClN3S. The van der Waals surface area contributed by atoms with Crippen molar-refractivity contribution in [2.45, 2.75) is 71.5 Å². The minimum atomic E-state index is 0.454. The molecule has 5 heteroatoms. The van der Waals surface area contributed by atoms with Crippen molar-refractivity contribution in [2.24, 2.45) is 0 Å². The molecule has 0 atom stereocenters. The summed E-state index contributed by atoms with van der Waals surface area (Å²) in [6.07, 6.45) is 9.87. The van der Waals surface area contributed by atoms with E-state index in [-0.39, 0.29) is 0 Å². The van der Waals surface area contributed by atoms with Gasteiger partial charge in [0.15, 0.2) is 5.11 Å². The lowest BCUT2D eigenvalue weighted by atomic mass is 10.1. The lowest BCUT2D eigenvalue weighted by Crippen LogP contribution is -2.42. The van der Waals surface area contributed by atoms with Crippen LogP contribution in [-0.4, -0.2) is 20.6 Å². The molecule has 2 aromatic carbocycles. The maximum atomic E-state index is 6.51. The Morgan fingerprint density at radius 3 is 2.58 bits per heavy atom. The fraction of sp³-hybridized carbons (Fsp3) is 0.423. The van der Waals surface area contributed by atoms with Crippen LogP contribution in [0.15, 0.2) is 48.7 Å². The van der Waals surface area contributed by atoms with Gasteiger partial charge in [-0.15, -0.1) is 0 Å². The molecule has 1 aromatic heterocycles. The van der Waals surface area contributed by atoms with Gasteiger partial charge in [-0.05, 0) is 68.2 Å². The number of anilines is 1. The number of halogens is 1. The highest BCUT2D eigenvalue weighted by Crippen LogP contribution is 2.29. The maximum Gasteiger partial charge on any atom is 0.174 e. The third-order valence-electron chi connectivity index (χ3n) is 6.45. The Kier molecular flexibility index (Phi) is 7.19. The standard InChI is InChI=1S/C26H32ClN3S/c1-3-29-17-20(22-12-8-9-13-25(22)29)18-30(21-10-6-4-5-7-11-21)26(31)28-24-15-14-19(2)16-23(24)27/h8-9,12-17,21H,3-7,10-11,18H2,1-2H3,(H,28,31). The molecule has 1 aliphatic rings. The van der Waals surface area contributed by atoms with Gasteiger partial charge in [-0.3, -0.25) is 0 Å². The van der Waals surface area contributed by atoms with E-state index in [0.29, 0.717) is 11.1 Å². The summed E-state index contributed by atoms with van der Waals surface area (Å²) >= 11 is 12.5. The lowest BCUT2D eigenvalue weighted by molar-refractivity contribution is 0.281. The molecule has 0 bridgehead atoms. The molecule has 0 spiro atoms. The zero-order chi connectivity index (χ0) is 21.8. The van der Waals surface area contributed by atoms with E-state index in [0.717, 1.165) is 29.5 Å². The van der Waals surface area contributed by atoms with Crippen LogP contribution in [0.5, 0.6) is 0 Å². The number of aromatic nitrogens is 1. The van der Waals surface area contributed by atoms with E-state index in [1.807, 2.05) is 12.1 Å². The largest absolute Gasteiger partial charge is 0.347 e. The van der Waals surface area contributed by atoms with Crippen LogP contribution in [-0.2, 0) is 13.1 Å². The Morgan fingerprint density at radius 1 is 1.13 bits per heavy atom. The summed E-state index contributed by atoms with van der Waals surface area (Å²) in [5.74, 6) is 0. The summed E-state index contributed by atoms with van der Waals surface area (Å²) in [5, 5.41) is 6.26. The number of rotatable bonds is 5. The van der Waals surface area contributed by atoms with Gasteiger partial charge in [0.1, 0.15) is 0 Å². The Bertz CT molecular complexity index is 1050. The fourth-order valence-corrected chi connectivity index (χ4v) is 5.34. The average molecular weight is 454 g/mol. The van der Waals surface area contributed by atoms with E-state index in [9.17, 15) is 0 Å². The number of nitrogens with one attached hydrogen (secondary N) is 1. The van der Waals surface area contributed by atoms with Crippen molar-refractivity contribution >= 4 is 45.5 Å². The second kappa shape index (κ2) is 10.1. The second-order valence-corrected chi connectivity index (χ2v) is 9.44. The van der Waals surface area contributed by atoms with Gasteiger partial charge in [0.05, 0.1) is 10.7 Å². The van der Waals surface area contributed by atoms with Gasteiger partial charge in [-0.2, -0.15) is 0 Å². The minimum Gasteiger partial charge on any atom is -0.347 e. The zero-order valence-corrected chi connectivity index (χ0v) is 20.1. The molecule has 0 saturated heterocycles. The number of hydrogen-bond donors (Lipinski definition) is 1. The predicted molar refractivity (Wildman–Crippen MR) is 137 cm³/mol. The van der Waals surface area contributed by atoms with E-state index < -0.39 is 0 Å². The molecular weight excluding hydrogens is 422 g/mol. The minimum absolute atomic E-state index is 0.454. The van der Waals surface area contributed by atoms with E-state index in [4.69, 9.17) is 23.8 Å². The highest BCUT2D eigenvalue weighted by Gasteiger charge is 2.24. The number of fused-ring (bicyclic) bond motifs is 1. The number of hydrogen-bond acceptors (Lipinski definition) is 1. The average Bonchev–Trinajstić information content (AvgIpc) is 2.92. The van der Waals surface area contributed by atoms with Gasteiger partial charge in [0.25, 0.3) is 0 Å². The lowest BCUT2D eigenvalue weighted by Gasteiger charge is -2.34. The van der Waals surface area contributed by atoms with Crippen LogP contribution in [0.2, 0.25) is 5.02 Å². The first kappa shape index (κ1) is 22.2. The fourth-order valence-electron chi connectivity index (χ4n) is 4.74. The molecule has 0 radical (unpaired) electrons. The Hall–Kier alpha value is -2.04. The van der Waals surface area contributed by atoms with Gasteiger partial charge in [-0.25, -0.2) is 0 Å². The monoisotopic (exact) mass is 453 g/mol. The smallest absolute Gasteiger partial charge is 0.174 e. The molecule has 1 fully saturated rings. The van der Waals surface area contributed by atoms with Gasteiger partial charge in [-0.1, -0.05) is 61.5 Å². The summed E-state index contributed by atoms with van der Waals surface area (Å²) < 4.78 is 2.34. The highest BCUT2D eigenvalue weighted by molar-refractivity contribution is 7.80. The summed E-state index contributed by atoms with van der Waals surface area (Å²) in [6.45, 7) is 6.03. The van der Waals surface area contributed by atoms with Gasteiger partial charge < -0.3 is 14.8 Å². The first-order valence-corrected chi connectivity index (χ1v) is 12.3. The number of aryl methyl sites for hydroxylation is 2. The van der Waals surface area contributed by atoms with Crippen molar-refractivity contribution in [1.29, 1.82) is 0 Å². The first-order valence-electron chi connectivity index (χ1n) is 11.5. The molecule has 1 aliphatic carbocycles. The molecule has 3 nitrogen and oxygen atoms in total. The Morgan fingerprint density at radius 2 is 1.87 bits per heavy atom. The second-order valence-electron chi connectivity index (χ2n) is 8.64. The van der Waals surface area contributed by atoms with Crippen molar-refractivity contribution in [2.75, 3.05) is 5.32 Å². The molecule has 164 valence electrons. The molecule has 3 aromatic rings. The van der Waals surface area contributed by atoms with Gasteiger partial charge in [0, 0.05) is 36.2 Å². The number of benzene rings is 2. The van der Waals surface area contributed by atoms with E-state index in [2.05, 4.69) is 65.2 Å². The normalized spacial score (nSPS) is 15.1. The van der Waals surface area contributed by atoms with Crippen LogP contribution < -0.4 is 5.32 Å². The third-order valence-corrected chi connectivity index (χ3v) is 7.09. The van der Waals surface area contributed by atoms with Crippen LogP contribution >= 0.6 is 23.8 Å². The van der Waals surface area contributed by atoms with Crippen molar-refractivity contribution < 1.29 is 0 Å². The van der Waals surface area contributed by atoms with Crippen molar-refractivity contribution in [3.8, 4) is 0 Å². The molecule has 0 aliphatic heterocycles. The van der Waals surface area contributed by atoms with Crippen LogP contribution in [0.3, 0.4) is 0 Å². The number of nitrogens with zero attached hydrogens (tertiary/aromatic N) is 2. The molecule has 31 heavy (non-hydrogen) atoms. The summed E-state index contributed by atoms with van der Waals surface area (Å²) in [5.41, 5.74) is 4.66. The van der Waals surface area contributed by atoms with Crippen molar-refractivity contribution in [1.82, 2.24) is 9.47 Å².